The molecule has 4 aromatic rings. The molecule has 0 spiro atoms. The second-order valence-corrected chi connectivity index (χ2v) is 8.17. The SMILES string of the molecule is COc1ccc(OC(=O)c2c(CC(=O)O)[nH]c3ccc(Oc4cc(C(F)(F)F)cc(C(F)(F)F)c4)cc23)cc1. The van der Waals surface area contributed by atoms with Crippen LogP contribution in [0, 0.1) is 0 Å². The van der Waals surface area contributed by atoms with Gasteiger partial charge in [-0.2, -0.15) is 26.3 Å². The summed E-state index contributed by atoms with van der Waals surface area (Å²) < 4.78 is 95.0. The molecule has 0 saturated heterocycles. The molecular weight excluding hydrogens is 536 g/mol. The third kappa shape index (κ3) is 6.25. The lowest BCUT2D eigenvalue weighted by Gasteiger charge is -2.15. The lowest BCUT2D eigenvalue weighted by molar-refractivity contribution is -0.143. The maximum atomic E-state index is 13.2. The first-order chi connectivity index (χ1) is 18.2. The minimum atomic E-state index is -5.08. The highest BCUT2D eigenvalue weighted by molar-refractivity contribution is 6.07. The van der Waals surface area contributed by atoms with Gasteiger partial charge in [-0.1, -0.05) is 0 Å². The predicted molar refractivity (Wildman–Crippen MR) is 124 cm³/mol. The number of alkyl halides is 6. The summed E-state index contributed by atoms with van der Waals surface area (Å²) in [5, 5.41) is 9.36. The van der Waals surface area contributed by atoms with Crippen LogP contribution in [0.1, 0.15) is 27.2 Å². The molecule has 0 unspecified atom stereocenters. The van der Waals surface area contributed by atoms with E-state index in [-0.39, 0.29) is 39.7 Å². The van der Waals surface area contributed by atoms with Gasteiger partial charge in [0.25, 0.3) is 0 Å². The van der Waals surface area contributed by atoms with Gasteiger partial charge >= 0.3 is 24.3 Å². The Morgan fingerprint density at radius 3 is 1.90 bits per heavy atom. The number of hydrogen-bond donors (Lipinski definition) is 2. The van der Waals surface area contributed by atoms with Gasteiger partial charge in [0.2, 0.25) is 0 Å². The van der Waals surface area contributed by atoms with E-state index < -0.39 is 47.6 Å². The molecule has 39 heavy (non-hydrogen) atoms. The first kappa shape index (κ1) is 27.4. The van der Waals surface area contributed by atoms with E-state index in [4.69, 9.17) is 14.2 Å². The Morgan fingerprint density at radius 2 is 1.36 bits per heavy atom. The second kappa shape index (κ2) is 10.2. The first-order valence-electron chi connectivity index (χ1n) is 10.9. The molecule has 0 radical (unpaired) electrons. The smallest absolute Gasteiger partial charge is 0.416 e. The molecule has 0 aliphatic carbocycles. The van der Waals surface area contributed by atoms with Crippen molar-refractivity contribution in [2.75, 3.05) is 7.11 Å². The Bertz CT molecular complexity index is 1510. The normalized spacial score (nSPS) is 11.9. The molecule has 7 nitrogen and oxygen atoms in total. The highest BCUT2D eigenvalue weighted by Gasteiger charge is 2.37. The molecule has 204 valence electrons. The van der Waals surface area contributed by atoms with Crippen LogP contribution in [0.3, 0.4) is 0 Å². The molecule has 1 heterocycles. The fourth-order valence-corrected chi connectivity index (χ4v) is 3.73. The van der Waals surface area contributed by atoms with Crippen LogP contribution in [0.15, 0.2) is 60.7 Å². The number of H-pyrrole nitrogens is 1. The van der Waals surface area contributed by atoms with Crippen LogP contribution >= 0.6 is 0 Å². The fraction of sp³-hybridized carbons (Fsp3) is 0.154. The number of aliphatic carboxylic acids is 1. The van der Waals surface area contributed by atoms with Crippen molar-refractivity contribution < 1.29 is 55.2 Å². The van der Waals surface area contributed by atoms with Crippen molar-refractivity contribution in [1.29, 1.82) is 0 Å². The average Bonchev–Trinajstić information content (AvgIpc) is 3.19. The number of ether oxygens (including phenoxy) is 3. The van der Waals surface area contributed by atoms with E-state index in [1.165, 1.54) is 49.6 Å². The van der Waals surface area contributed by atoms with Crippen LogP contribution in [0.4, 0.5) is 26.3 Å². The first-order valence-corrected chi connectivity index (χ1v) is 10.9. The lowest BCUT2D eigenvalue weighted by atomic mass is 10.1. The van der Waals surface area contributed by atoms with Crippen molar-refractivity contribution in [3.63, 3.8) is 0 Å². The van der Waals surface area contributed by atoms with Gasteiger partial charge in [-0.15, -0.1) is 0 Å². The van der Waals surface area contributed by atoms with E-state index in [9.17, 15) is 41.0 Å². The van der Waals surface area contributed by atoms with Crippen molar-refractivity contribution in [3.05, 3.63) is 83.0 Å². The maximum Gasteiger partial charge on any atom is 0.416 e. The zero-order valence-corrected chi connectivity index (χ0v) is 19.7. The van der Waals surface area contributed by atoms with Crippen LogP contribution in [-0.4, -0.2) is 29.1 Å². The third-order valence-corrected chi connectivity index (χ3v) is 5.45. The largest absolute Gasteiger partial charge is 0.497 e. The zero-order valence-electron chi connectivity index (χ0n) is 19.7. The molecule has 0 aliphatic heterocycles. The van der Waals surface area contributed by atoms with Crippen molar-refractivity contribution >= 4 is 22.8 Å². The summed E-state index contributed by atoms with van der Waals surface area (Å²) in [6, 6.07) is 10.4. The van der Waals surface area contributed by atoms with Gasteiger partial charge in [0.1, 0.15) is 23.0 Å². The van der Waals surface area contributed by atoms with Crippen LogP contribution in [0.2, 0.25) is 0 Å². The van der Waals surface area contributed by atoms with Crippen LogP contribution in [-0.2, 0) is 23.6 Å². The number of halogens is 6. The van der Waals surface area contributed by atoms with Crippen molar-refractivity contribution in [3.8, 4) is 23.0 Å². The summed E-state index contributed by atoms with van der Waals surface area (Å²) in [5.41, 5.74) is -3.12. The molecule has 0 aliphatic rings. The number of rotatable bonds is 7. The Morgan fingerprint density at radius 1 is 0.795 bits per heavy atom. The monoisotopic (exact) mass is 553 g/mol. The number of nitrogens with one attached hydrogen (secondary N) is 1. The van der Waals surface area contributed by atoms with Gasteiger partial charge in [-0.3, -0.25) is 4.79 Å². The van der Waals surface area contributed by atoms with E-state index in [2.05, 4.69) is 4.98 Å². The lowest BCUT2D eigenvalue weighted by Crippen LogP contribution is -2.13. The topological polar surface area (TPSA) is 97.9 Å². The molecule has 1 aromatic heterocycles. The number of carboxylic acids is 1. The minimum absolute atomic E-state index is 0.0341. The van der Waals surface area contributed by atoms with Crippen molar-refractivity contribution in [2.24, 2.45) is 0 Å². The number of hydrogen-bond acceptors (Lipinski definition) is 5. The summed E-state index contributed by atoms with van der Waals surface area (Å²) in [4.78, 5) is 27.2. The number of fused-ring (bicyclic) bond motifs is 1. The highest BCUT2D eigenvalue weighted by Crippen LogP contribution is 2.40. The summed E-state index contributed by atoms with van der Waals surface area (Å²) in [6.07, 6.45) is -10.8. The van der Waals surface area contributed by atoms with Crippen molar-refractivity contribution in [2.45, 2.75) is 18.8 Å². The molecule has 2 N–H and O–H groups in total. The fourth-order valence-electron chi connectivity index (χ4n) is 3.73. The van der Waals surface area contributed by atoms with E-state index in [0.29, 0.717) is 17.9 Å². The van der Waals surface area contributed by atoms with Crippen molar-refractivity contribution in [1.82, 2.24) is 4.98 Å². The quantitative estimate of drug-likeness (QED) is 0.148. The molecule has 4 rings (SSSR count). The Balaban J connectivity index is 1.75. The van der Waals surface area contributed by atoms with Gasteiger partial charge in [0, 0.05) is 16.6 Å². The Hall–Kier alpha value is -4.68. The van der Waals surface area contributed by atoms with Crippen LogP contribution in [0.5, 0.6) is 23.0 Å². The number of methoxy groups -OCH3 is 1. The van der Waals surface area contributed by atoms with E-state index >= 15 is 0 Å². The minimum Gasteiger partial charge on any atom is -0.497 e. The molecular formula is C26H17F6NO6. The third-order valence-electron chi connectivity index (χ3n) is 5.45. The van der Waals surface area contributed by atoms with Gasteiger partial charge < -0.3 is 24.3 Å². The van der Waals surface area contributed by atoms with Crippen LogP contribution < -0.4 is 14.2 Å². The van der Waals surface area contributed by atoms with Crippen LogP contribution in [0.25, 0.3) is 10.9 Å². The Kier molecular flexibility index (Phi) is 7.18. The average molecular weight is 553 g/mol. The molecule has 0 saturated carbocycles. The summed E-state index contributed by atoms with van der Waals surface area (Å²) in [5.74, 6) is -2.61. The second-order valence-electron chi connectivity index (χ2n) is 8.17. The summed E-state index contributed by atoms with van der Waals surface area (Å²) in [6.45, 7) is 0. The molecule has 13 heteroatoms. The summed E-state index contributed by atoms with van der Waals surface area (Å²) in [7, 11) is 1.44. The zero-order chi connectivity index (χ0) is 28.5. The highest BCUT2D eigenvalue weighted by atomic mass is 19.4. The van der Waals surface area contributed by atoms with E-state index in [1.54, 1.807) is 0 Å². The van der Waals surface area contributed by atoms with Gasteiger partial charge in [-0.05, 0) is 60.7 Å². The van der Waals surface area contributed by atoms with Gasteiger partial charge in [0.05, 0.1) is 30.2 Å². The Labute approximate surface area is 215 Å². The standard InChI is InChI=1S/C26H17F6NO6/c1-37-15-2-4-16(5-3-15)39-24(36)23-19-11-17(6-7-20(19)33-21(23)12-22(34)35)38-18-9-13(25(27,28)29)8-14(10-18)26(30,31)32/h2-11,33H,12H2,1H3,(H,34,35). The van der Waals surface area contributed by atoms with Gasteiger partial charge in [-0.25, -0.2) is 4.79 Å². The number of aromatic nitrogens is 1. The number of carbonyl (C=O) groups is 2. The molecule has 3 aromatic carbocycles. The predicted octanol–water partition coefficient (Wildman–Crippen LogP) is 6.85. The molecule has 0 atom stereocenters. The van der Waals surface area contributed by atoms with Gasteiger partial charge in [0.15, 0.2) is 0 Å². The number of benzene rings is 3. The summed E-state index contributed by atoms with van der Waals surface area (Å²) >= 11 is 0. The number of carbonyl (C=O) groups excluding carboxylic acids is 1. The number of esters is 1. The maximum absolute atomic E-state index is 13.2. The van der Waals surface area contributed by atoms with E-state index in [0.717, 1.165) is 0 Å². The molecule has 0 bridgehead atoms. The molecule has 0 amide bonds. The number of aromatic amines is 1. The van der Waals surface area contributed by atoms with E-state index in [1.807, 2.05) is 0 Å². The number of carboxylic acid groups (broad SMARTS) is 1. The molecule has 0 fully saturated rings.